The van der Waals surface area contributed by atoms with Crippen LogP contribution in [0, 0.1) is 19.8 Å². The minimum absolute atomic E-state index is 0. The van der Waals surface area contributed by atoms with Crippen molar-refractivity contribution in [2.75, 3.05) is 33.4 Å². The van der Waals surface area contributed by atoms with Crippen molar-refractivity contribution in [3.8, 4) is 5.75 Å². The number of aromatic nitrogens is 1. The zero-order valence-corrected chi connectivity index (χ0v) is 22.1. The molecule has 1 saturated heterocycles. The predicted octanol–water partition coefficient (Wildman–Crippen LogP) is 4.73. The summed E-state index contributed by atoms with van der Waals surface area (Å²) in [4.78, 5) is 7.76. The lowest BCUT2D eigenvalue weighted by Gasteiger charge is -2.17. The Kier molecular flexibility index (Phi) is 9.43. The highest BCUT2D eigenvalue weighted by Gasteiger charge is 2.17. The maximum Gasteiger partial charge on any atom is 0.191 e. The predicted molar refractivity (Wildman–Crippen MR) is 146 cm³/mol. The second-order valence-electron chi connectivity index (χ2n) is 8.62. The third-order valence-electron chi connectivity index (χ3n) is 6.00. The van der Waals surface area contributed by atoms with Crippen molar-refractivity contribution in [1.82, 2.24) is 15.6 Å². The number of aromatic amines is 1. The van der Waals surface area contributed by atoms with Crippen LogP contribution in [0.5, 0.6) is 5.75 Å². The van der Waals surface area contributed by atoms with Gasteiger partial charge in [0.1, 0.15) is 5.75 Å². The SMILES string of the molecule is CN=C(NCCc1c[nH]c2cc(C)ccc12)NCc1ccc(C)cc1OCC1CCOC1.I. The number of guanidine groups is 1. The van der Waals surface area contributed by atoms with Crippen LogP contribution in [0.4, 0.5) is 0 Å². The molecule has 1 unspecified atom stereocenters. The molecule has 4 rings (SSSR count). The monoisotopic (exact) mass is 562 g/mol. The Bertz CT molecular complexity index is 1070. The molecule has 1 aliphatic heterocycles. The molecule has 0 radical (unpaired) electrons. The first-order chi connectivity index (χ1) is 15.6. The maximum absolute atomic E-state index is 6.16. The van der Waals surface area contributed by atoms with Crippen LogP contribution in [0.1, 0.15) is 28.7 Å². The van der Waals surface area contributed by atoms with Gasteiger partial charge in [-0.1, -0.05) is 24.3 Å². The van der Waals surface area contributed by atoms with Crippen molar-refractivity contribution in [3.05, 3.63) is 64.8 Å². The Balaban J connectivity index is 0.00000306. The van der Waals surface area contributed by atoms with Gasteiger partial charge in [0, 0.05) is 55.3 Å². The summed E-state index contributed by atoms with van der Waals surface area (Å²) >= 11 is 0. The normalized spacial score (nSPS) is 16.0. The second-order valence-corrected chi connectivity index (χ2v) is 8.62. The minimum atomic E-state index is 0. The number of aryl methyl sites for hydroxylation is 2. The van der Waals surface area contributed by atoms with Crippen molar-refractivity contribution >= 4 is 40.8 Å². The fourth-order valence-corrected chi connectivity index (χ4v) is 4.09. The van der Waals surface area contributed by atoms with Gasteiger partial charge in [-0.2, -0.15) is 0 Å². The number of halogens is 1. The highest BCUT2D eigenvalue weighted by atomic mass is 127. The Morgan fingerprint density at radius 3 is 2.73 bits per heavy atom. The number of ether oxygens (including phenoxy) is 2. The molecule has 1 aliphatic rings. The van der Waals surface area contributed by atoms with E-state index in [-0.39, 0.29) is 24.0 Å². The van der Waals surface area contributed by atoms with Crippen LogP contribution in [0.3, 0.4) is 0 Å². The number of fused-ring (bicyclic) bond motifs is 1. The molecule has 0 aliphatic carbocycles. The summed E-state index contributed by atoms with van der Waals surface area (Å²) < 4.78 is 11.6. The quantitative estimate of drug-likeness (QED) is 0.211. The molecule has 2 heterocycles. The molecule has 3 aromatic rings. The standard InChI is InChI=1S/C26H34N4O2.HI/c1-18-5-7-23-21(14-29-24(23)12-18)8-10-28-26(27-3)30-15-22-6-4-19(2)13-25(22)32-17-20-9-11-31-16-20;/h4-7,12-14,20,29H,8-11,15-17H2,1-3H3,(H2,27,28,30);1H. The van der Waals surface area contributed by atoms with Gasteiger partial charge in [0.2, 0.25) is 0 Å². The van der Waals surface area contributed by atoms with Crippen molar-refractivity contribution in [2.45, 2.75) is 33.2 Å². The molecule has 3 N–H and O–H groups in total. The fraction of sp³-hybridized carbons (Fsp3) is 0.423. The van der Waals surface area contributed by atoms with Crippen molar-refractivity contribution in [2.24, 2.45) is 10.9 Å². The van der Waals surface area contributed by atoms with Gasteiger partial charge in [-0.3, -0.25) is 4.99 Å². The highest BCUT2D eigenvalue weighted by molar-refractivity contribution is 14.0. The number of nitrogens with zero attached hydrogens (tertiary/aromatic N) is 1. The minimum Gasteiger partial charge on any atom is -0.493 e. The van der Waals surface area contributed by atoms with Crippen molar-refractivity contribution in [1.29, 1.82) is 0 Å². The maximum atomic E-state index is 6.16. The number of rotatable bonds is 8. The lowest BCUT2D eigenvalue weighted by Crippen LogP contribution is -2.37. The molecular formula is C26H35IN4O2. The van der Waals surface area contributed by atoms with Crippen molar-refractivity contribution < 1.29 is 9.47 Å². The molecule has 1 atom stereocenters. The van der Waals surface area contributed by atoms with Gasteiger partial charge in [-0.05, 0) is 55.5 Å². The summed E-state index contributed by atoms with van der Waals surface area (Å²) in [6.45, 7) is 8.01. The van der Waals surface area contributed by atoms with Gasteiger partial charge in [0.25, 0.3) is 0 Å². The van der Waals surface area contributed by atoms with Gasteiger partial charge in [0.15, 0.2) is 5.96 Å². The van der Waals surface area contributed by atoms with Gasteiger partial charge in [0.05, 0.1) is 13.2 Å². The number of aliphatic imine (C=N–C) groups is 1. The van der Waals surface area contributed by atoms with E-state index in [4.69, 9.17) is 9.47 Å². The van der Waals surface area contributed by atoms with Crippen LogP contribution in [-0.4, -0.2) is 44.4 Å². The number of H-pyrrole nitrogens is 1. The van der Waals surface area contributed by atoms with Gasteiger partial charge < -0.3 is 25.1 Å². The first kappa shape index (κ1) is 25.4. The summed E-state index contributed by atoms with van der Waals surface area (Å²) in [7, 11) is 1.80. The van der Waals surface area contributed by atoms with Crippen LogP contribution >= 0.6 is 24.0 Å². The molecule has 0 amide bonds. The van der Waals surface area contributed by atoms with Gasteiger partial charge in [-0.15, -0.1) is 24.0 Å². The molecule has 1 aromatic heterocycles. The van der Waals surface area contributed by atoms with Crippen LogP contribution in [-0.2, 0) is 17.7 Å². The smallest absolute Gasteiger partial charge is 0.191 e. The number of hydrogen-bond donors (Lipinski definition) is 3. The molecule has 178 valence electrons. The molecule has 7 heteroatoms. The molecule has 0 bridgehead atoms. The number of benzene rings is 2. The van der Waals surface area contributed by atoms with E-state index in [0.29, 0.717) is 19.1 Å². The Hall–Kier alpha value is -2.26. The summed E-state index contributed by atoms with van der Waals surface area (Å²) in [6, 6.07) is 12.9. The van der Waals surface area contributed by atoms with Crippen LogP contribution in [0.15, 0.2) is 47.6 Å². The highest BCUT2D eigenvalue weighted by Crippen LogP contribution is 2.23. The summed E-state index contributed by atoms with van der Waals surface area (Å²) in [5, 5.41) is 8.14. The molecule has 2 aromatic carbocycles. The zero-order chi connectivity index (χ0) is 22.3. The summed E-state index contributed by atoms with van der Waals surface area (Å²) in [6.07, 6.45) is 4.10. The zero-order valence-electron chi connectivity index (χ0n) is 19.7. The van der Waals surface area contributed by atoms with E-state index >= 15 is 0 Å². The molecule has 0 spiro atoms. The molecule has 33 heavy (non-hydrogen) atoms. The third kappa shape index (κ3) is 6.86. The van der Waals surface area contributed by atoms with E-state index in [9.17, 15) is 0 Å². The summed E-state index contributed by atoms with van der Waals surface area (Å²) in [5.74, 6) is 2.21. The van der Waals surface area contributed by atoms with Crippen LogP contribution in [0.25, 0.3) is 10.9 Å². The number of hydrogen-bond acceptors (Lipinski definition) is 3. The second kappa shape index (κ2) is 12.3. The van der Waals surface area contributed by atoms with E-state index in [2.05, 4.69) is 77.1 Å². The lowest BCUT2D eigenvalue weighted by molar-refractivity contribution is 0.166. The topological polar surface area (TPSA) is 70.7 Å². The molecule has 0 saturated carbocycles. The summed E-state index contributed by atoms with van der Waals surface area (Å²) in [5.41, 5.74) is 6.10. The fourth-order valence-electron chi connectivity index (χ4n) is 4.09. The van der Waals surface area contributed by atoms with E-state index in [0.717, 1.165) is 49.9 Å². The average Bonchev–Trinajstić information content (AvgIpc) is 3.45. The Morgan fingerprint density at radius 1 is 1.12 bits per heavy atom. The third-order valence-corrected chi connectivity index (χ3v) is 6.00. The first-order valence-corrected chi connectivity index (χ1v) is 11.4. The molecule has 6 nitrogen and oxygen atoms in total. The van der Waals surface area contributed by atoms with E-state index in [1.54, 1.807) is 7.05 Å². The first-order valence-electron chi connectivity index (χ1n) is 11.4. The molecular weight excluding hydrogens is 527 g/mol. The number of nitrogens with one attached hydrogen (secondary N) is 3. The van der Waals surface area contributed by atoms with Crippen LogP contribution < -0.4 is 15.4 Å². The molecule has 1 fully saturated rings. The van der Waals surface area contributed by atoms with Gasteiger partial charge in [-0.25, -0.2) is 0 Å². The Labute approximate surface area is 213 Å². The Morgan fingerprint density at radius 2 is 1.94 bits per heavy atom. The largest absolute Gasteiger partial charge is 0.493 e. The van der Waals surface area contributed by atoms with Crippen LogP contribution in [0.2, 0.25) is 0 Å². The average molecular weight is 562 g/mol. The lowest BCUT2D eigenvalue weighted by atomic mass is 10.1. The van der Waals surface area contributed by atoms with E-state index in [1.807, 2.05) is 0 Å². The van der Waals surface area contributed by atoms with E-state index < -0.39 is 0 Å². The van der Waals surface area contributed by atoms with E-state index in [1.165, 1.54) is 27.6 Å². The van der Waals surface area contributed by atoms with Gasteiger partial charge >= 0.3 is 0 Å². The van der Waals surface area contributed by atoms with Crippen molar-refractivity contribution in [3.63, 3.8) is 0 Å².